The first-order valence-corrected chi connectivity index (χ1v) is 4.41. The van der Waals surface area contributed by atoms with Crippen LogP contribution in [0.1, 0.15) is 0 Å². The topological polar surface area (TPSA) is 84.0 Å². The summed E-state index contributed by atoms with van der Waals surface area (Å²) < 4.78 is 35.8. The van der Waals surface area contributed by atoms with Gasteiger partial charge in [-0.2, -0.15) is 13.2 Å². The van der Waals surface area contributed by atoms with E-state index in [0.29, 0.717) is 4.57 Å². The molecule has 6 nitrogen and oxygen atoms in total. The van der Waals surface area contributed by atoms with Crippen LogP contribution in [0.3, 0.4) is 0 Å². The highest BCUT2D eigenvalue weighted by Crippen LogP contribution is 2.11. The molecule has 1 amide bonds. The van der Waals surface area contributed by atoms with Crippen LogP contribution in [-0.2, 0) is 11.3 Å². The number of nitrogens with zero attached hydrogens (tertiary/aromatic N) is 1. The van der Waals surface area contributed by atoms with Crippen molar-refractivity contribution < 1.29 is 18.0 Å². The van der Waals surface area contributed by atoms with Gasteiger partial charge in [-0.15, -0.1) is 0 Å². The number of amides is 1. The van der Waals surface area contributed by atoms with Gasteiger partial charge in [-0.25, -0.2) is 4.79 Å². The molecular weight excluding hydrogens is 243 g/mol. The Hall–Kier alpha value is -2.06. The second-order valence-corrected chi connectivity index (χ2v) is 3.10. The molecule has 0 aliphatic rings. The number of halogens is 3. The molecule has 1 rings (SSSR count). The first-order chi connectivity index (χ1) is 7.79. The molecular formula is C8H8F3N3O3. The Morgan fingerprint density at radius 2 is 2.06 bits per heavy atom. The molecule has 2 N–H and O–H groups in total. The number of carbonyl (C=O) groups excluding carboxylic acids is 1. The molecule has 0 unspecified atom stereocenters. The average Bonchev–Trinajstić information content (AvgIpc) is 2.20. The molecule has 0 saturated heterocycles. The van der Waals surface area contributed by atoms with Crippen LogP contribution in [0, 0.1) is 0 Å². The summed E-state index contributed by atoms with van der Waals surface area (Å²) in [5.74, 6) is -1.07. The average molecular weight is 251 g/mol. The lowest BCUT2D eigenvalue weighted by Crippen LogP contribution is -2.42. The molecule has 0 radical (unpaired) electrons. The summed E-state index contributed by atoms with van der Waals surface area (Å²) in [6.07, 6.45) is -3.46. The molecule has 0 fully saturated rings. The van der Waals surface area contributed by atoms with E-state index in [1.54, 1.807) is 5.32 Å². The lowest BCUT2D eigenvalue weighted by molar-refractivity contribution is -0.138. The van der Waals surface area contributed by atoms with Crippen LogP contribution in [0.5, 0.6) is 0 Å². The van der Waals surface area contributed by atoms with Gasteiger partial charge in [0.2, 0.25) is 5.91 Å². The fourth-order valence-electron chi connectivity index (χ4n) is 1.00. The van der Waals surface area contributed by atoms with Crippen LogP contribution in [-0.4, -0.2) is 28.2 Å². The molecule has 0 bridgehead atoms. The van der Waals surface area contributed by atoms with Gasteiger partial charge in [0.05, 0.1) is 0 Å². The predicted octanol–water partition coefficient (Wildman–Crippen LogP) is -0.785. The van der Waals surface area contributed by atoms with Crippen molar-refractivity contribution in [1.82, 2.24) is 14.9 Å². The third kappa shape index (κ3) is 4.13. The van der Waals surface area contributed by atoms with Gasteiger partial charge in [-0.3, -0.25) is 14.2 Å². The molecule has 0 aliphatic heterocycles. The minimum atomic E-state index is -4.54. The van der Waals surface area contributed by atoms with Crippen molar-refractivity contribution in [3.05, 3.63) is 33.1 Å². The SMILES string of the molecule is O=C(Cn1c(=O)cc[nH]c1=O)NCC(F)(F)F. The van der Waals surface area contributed by atoms with E-state index < -0.39 is 36.4 Å². The molecule has 0 spiro atoms. The van der Waals surface area contributed by atoms with Crippen LogP contribution in [0.15, 0.2) is 21.9 Å². The minimum absolute atomic E-state index is 0.492. The number of alkyl halides is 3. The van der Waals surface area contributed by atoms with Crippen molar-refractivity contribution >= 4 is 5.91 Å². The number of hydrogen-bond donors (Lipinski definition) is 2. The maximum atomic E-state index is 11.8. The van der Waals surface area contributed by atoms with E-state index in [4.69, 9.17) is 0 Å². The van der Waals surface area contributed by atoms with Crippen molar-refractivity contribution in [2.45, 2.75) is 12.7 Å². The van der Waals surface area contributed by atoms with E-state index in [1.165, 1.54) is 0 Å². The van der Waals surface area contributed by atoms with Gasteiger partial charge in [-0.05, 0) is 0 Å². The highest BCUT2D eigenvalue weighted by molar-refractivity contribution is 5.75. The fourth-order valence-corrected chi connectivity index (χ4v) is 1.00. The maximum Gasteiger partial charge on any atom is 0.405 e. The summed E-state index contributed by atoms with van der Waals surface area (Å²) in [6.45, 7) is -2.27. The van der Waals surface area contributed by atoms with Gasteiger partial charge in [0.1, 0.15) is 13.1 Å². The molecule has 1 heterocycles. The summed E-state index contributed by atoms with van der Waals surface area (Å²) in [5, 5.41) is 1.55. The number of hydrogen-bond acceptors (Lipinski definition) is 3. The van der Waals surface area contributed by atoms with E-state index in [9.17, 15) is 27.6 Å². The van der Waals surface area contributed by atoms with Gasteiger partial charge in [0.25, 0.3) is 5.56 Å². The smallest absolute Gasteiger partial charge is 0.345 e. The van der Waals surface area contributed by atoms with E-state index in [2.05, 4.69) is 4.98 Å². The highest BCUT2D eigenvalue weighted by atomic mass is 19.4. The zero-order chi connectivity index (χ0) is 13.1. The van der Waals surface area contributed by atoms with Crippen LogP contribution < -0.4 is 16.6 Å². The second-order valence-electron chi connectivity index (χ2n) is 3.10. The lowest BCUT2D eigenvalue weighted by Gasteiger charge is -2.08. The molecule has 9 heteroatoms. The van der Waals surface area contributed by atoms with Crippen LogP contribution in [0.2, 0.25) is 0 Å². The van der Waals surface area contributed by atoms with Gasteiger partial charge >= 0.3 is 11.9 Å². The van der Waals surface area contributed by atoms with Crippen molar-refractivity contribution in [2.24, 2.45) is 0 Å². The van der Waals surface area contributed by atoms with Gasteiger partial charge in [-0.1, -0.05) is 0 Å². The third-order valence-corrected chi connectivity index (χ3v) is 1.73. The zero-order valence-electron chi connectivity index (χ0n) is 8.37. The lowest BCUT2D eigenvalue weighted by atomic mass is 10.5. The number of H-pyrrole nitrogens is 1. The van der Waals surface area contributed by atoms with Crippen molar-refractivity contribution in [2.75, 3.05) is 6.54 Å². The number of nitrogens with one attached hydrogen (secondary N) is 2. The standard InChI is InChI=1S/C8H8F3N3O3/c9-8(10,11)4-13-5(15)3-14-6(16)1-2-12-7(14)17/h1-2H,3-4H2,(H,12,17)(H,13,15). The van der Waals surface area contributed by atoms with Crippen molar-refractivity contribution in [3.8, 4) is 0 Å². The summed E-state index contributed by atoms with van der Waals surface area (Å²) >= 11 is 0. The van der Waals surface area contributed by atoms with E-state index in [1.807, 2.05) is 0 Å². The third-order valence-electron chi connectivity index (χ3n) is 1.73. The second kappa shape index (κ2) is 4.85. The molecule has 17 heavy (non-hydrogen) atoms. The Kier molecular flexibility index (Phi) is 3.71. The molecule has 94 valence electrons. The van der Waals surface area contributed by atoms with Gasteiger partial charge in [0.15, 0.2) is 0 Å². The summed E-state index contributed by atoms with van der Waals surface area (Å²) in [7, 11) is 0. The number of aromatic amines is 1. The van der Waals surface area contributed by atoms with Crippen LogP contribution in [0.4, 0.5) is 13.2 Å². The van der Waals surface area contributed by atoms with Crippen molar-refractivity contribution in [1.29, 1.82) is 0 Å². The zero-order valence-corrected chi connectivity index (χ0v) is 8.37. The Morgan fingerprint density at radius 3 is 2.59 bits per heavy atom. The van der Waals surface area contributed by atoms with E-state index in [-0.39, 0.29) is 0 Å². The Labute approximate surface area is 92.1 Å². The summed E-state index contributed by atoms with van der Waals surface area (Å²) in [6, 6.07) is 0.985. The minimum Gasteiger partial charge on any atom is -0.345 e. The molecule has 1 aromatic rings. The molecule has 0 aliphatic carbocycles. The quantitative estimate of drug-likeness (QED) is 0.738. The van der Waals surface area contributed by atoms with Crippen molar-refractivity contribution in [3.63, 3.8) is 0 Å². The Morgan fingerprint density at radius 1 is 1.41 bits per heavy atom. The molecule has 0 saturated carbocycles. The van der Waals surface area contributed by atoms with E-state index >= 15 is 0 Å². The normalized spacial score (nSPS) is 11.2. The molecule has 1 aromatic heterocycles. The Bertz CT molecular complexity index is 489. The first kappa shape index (κ1) is 13.0. The monoisotopic (exact) mass is 251 g/mol. The fraction of sp³-hybridized carbons (Fsp3) is 0.375. The molecule has 0 atom stereocenters. The van der Waals surface area contributed by atoms with Crippen LogP contribution in [0.25, 0.3) is 0 Å². The number of carbonyl (C=O) groups is 1. The maximum absolute atomic E-state index is 11.8. The number of aromatic nitrogens is 2. The van der Waals surface area contributed by atoms with Gasteiger partial charge < -0.3 is 10.3 Å². The summed E-state index contributed by atoms with van der Waals surface area (Å²) in [5.41, 5.74) is -1.63. The van der Waals surface area contributed by atoms with Crippen LogP contribution >= 0.6 is 0 Å². The number of rotatable bonds is 3. The molecule has 0 aromatic carbocycles. The predicted molar refractivity (Wildman–Crippen MR) is 50.4 cm³/mol. The largest absolute Gasteiger partial charge is 0.405 e. The highest BCUT2D eigenvalue weighted by Gasteiger charge is 2.27. The van der Waals surface area contributed by atoms with Gasteiger partial charge in [0, 0.05) is 12.3 Å². The first-order valence-electron chi connectivity index (χ1n) is 4.41. The van der Waals surface area contributed by atoms with E-state index in [0.717, 1.165) is 12.3 Å². The summed E-state index contributed by atoms with van der Waals surface area (Å²) in [4.78, 5) is 35.4. The Balaban J connectivity index is 2.70.